The zero-order chi connectivity index (χ0) is 5.70. The van der Waals surface area contributed by atoms with Crippen LogP contribution in [0.3, 0.4) is 0 Å². The van der Waals surface area contributed by atoms with Gasteiger partial charge in [0.25, 0.3) is 0 Å². The second-order valence-corrected chi connectivity index (χ2v) is 1.22. The first kappa shape index (κ1) is 11.5. The van der Waals surface area contributed by atoms with Crippen LogP contribution in [0.1, 0.15) is 12.8 Å². The average molecular weight is 144 g/mol. The summed E-state index contributed by atoms with van der Waals surface area (Å²) >= 11 is 0. The molecule has 0 aromatic rings. The van der Waals surface area contributed by atoms with E-state index in [0.29, 0.717) is 6.42 Å². The molecule has 44 valence electrons. The smallest absolute Gasteiger partial charge is 0.303 e. The minimum Gasteiger partial charge on any atom is -0.481 e. The SMILES string of the molecule is O=C(O)CCCO.[Ca]. The summed E-state index contributed by atoms with van der Waals surface area (Å²) in [5.41, 5.74) is 0. The predicted molar refractivity (Wildman–Crippen MR) is 29.7 cm³/mol. The van der Waals surface area contributed by atoms with Gasteiger partial charge in [0.05, 0.1) is 0 Å². The Morgan fingerprint density at radius 1 is 1.50 bits per heavy atom. The molecule has 0 aliphatic heterocycles. The standard InChI is InChI=1S/C4H8O3.Ca/c5-3-1-2-4(6)7;/h5H,1-3H2,(H,6,7);. The van der Waals surface area contributed by atoms with Crippen molar-refractivity contribution in [2.45, 2.75) is 12.8 Å². The van der Waals surface area contributed by atoms with E-state index in [1.807, 2.05) is 0 Å². The van der Waals surface area contributed by atoms with E-state index < -0.39 is 5.97 Å². The van der Waals surface area contributed by atoms with Gasteiger partial charge in [-0.15, -0.1) is 0 Å². The number of aliphatic carboxylic acids is 1. The van der Waals surface area contributed by atoms with E-state index in [0.717, 1.165) is 0 Å². The van der Waals surface area contributed by atoms with E-state index in [4.69, 9.17) is 10.2 Å². The Labute approximate surface area is 77.7 Å². The van der Waals surface area contributed by atoms with E-state index in [9.17, 15) is 4.79 Å². The van der Waals surface area contributed by atoms with Crippen LogP contribution in [0.2, 0.25) is 0 Å². The maximum Gasteiger partial charge on any atom is 0.303 e. The molecule has 8 heavy (non-hydrogen) atoms. The Balaban J connectivity index is 0. The third-order valence-electron chi connectivity index (χ3n) is 0.549. The van der Waals surface area contributed by atoms with Crippen LogP contribution in [0.25, 0.3) is 0 Å². The van der Waals surface area contributed by atoms with E-state index in [1.54, 1.807) is 0 Å². The van der Waals surface area contributed by atoms with Crippen molar-refractivity contribution in [2.24, 2.45) is 0 Å². The van der Waals surface area contributed by atoms with Crippen molar-refractivity contribution in [1.29, 1.82) is 0 Å². The second-order valence-electron chi connectivity index (χ2n) is 1.22. The molecular formula is C4H8CaO3. The molecule has 0 unspecified atom stereocenters. The van der Waals surface area contributed by atoms with E-state index >= 15 is 0 Å². The van der Waals surface area contributed by atoms with Crippen LogP contribution in [-0.2, 0) is 4.79 Å². The number of rotatable bonds is 3. The number of hydrogen-bond acceptors (Lipinski definition) is 2. The molecule has 3 nitrogen and oxygen atoms in total. The molecule has 2 N–H and O–H groups in total. The minimum absolute atomic E-state index is 0. The molecule has 0 spiro atoms. The molecule has 0 aliphatic carbocycles. The monoisotopic (exact) mass is 144 g/mol. The summed E-state index contributed by atoms with van der Waals surface area (Å²) in [6, 6.07) is 0. The van der Waals surface area contributed by atoms with Gasteiger partial charge in [-0.2, -0.15) is 0 Å². The summed E-state index contributed by atoms with van der Waals surface area (Å²) in [6.07, 6.45) is 0.422. The van der Waals surface area contributed by atoms with Crippen LogP contribution in [0, 0.1) is 0 Å². The fraction of sp³-hybridized carbons (Fsp3) is 0.750. The third kappa shape index (κ3) is 9.85. The maximum atomic E-state index is 9.65. The van der Waals surface area contributed by atoms with Crippen LogP contribution < -0.4 is 0 Å². The molecule has 2 radical (unpaired) electrons. The summed E-state index contributed by atoms with van der Waals surface area (Å²) in [4.78, 5) is 9.65. The van der Waals surface area contributed by atoms with Crippen LogP contribution in [0.4, 0.5) is 0 Å². The van der Waals surface area contributed by atoms with Gasteiger partial charge < -0.3 is 10.2 Å². The zero-order valence-corrected chi connectivity index (χ0v) is 6.84. The van der Waals surface area contributed by atoms with Gasteiger partial charge in [-0.1, -0.05) is 0 Å². The summed E-state index contributed by atoms with van der Waals surface area (Å²) in [5.74, 6) is -0.853. The van der Waals surface area contributed by atoms with Gasteiger partial charge >= 0.3 is 5.97 Å². The molecule has 0 saturated carbocycles. The van der Waals surface area contributed by atoms with Crippen molar-refractivity contribution in [3.63, 3.8) is 0 Å². The van der Waals surface area contributed by atoms with Gasteiger partial charge in [0.2, 0.25) is 0 Å². The van der Waals surface area contributed by atoms with Gasteiger partial charge in [0.15, 0.2) is 0 Å². The van der Waals surface area contributed by atoms with E-state index in [2.05, 4.69) is 0 Å². The molecule has 0 bridgehead atoms. The maximum absolute atomic E-state index is 9.65. The Bertz CT molecular complexity index is 64.3. The van der Waals surface area contributed by atoms with Gasteiger partial charge in [-0.25, -0.2) is 0 Å². The first-order valence-electron chi connectivity index (χ1n) is 2.10. The summed E-state index contributed by atoms with van der Waals surface area (Å²) in [7, 11) is 0. The van der Waals surface area contributed by atoms with Crippen molar-refractivity contribution < 1.29 is 15.0 Å². The molecule has 0 aromatic carbocycles. The Hall–Kier alpha value is 0.690. The first-order chi connectivity index (χ1) is 3.27. The Kier molecular flexibility index (Phi) is 11.0. The van der Waals surface area contributed by atoms with Crippen LogP contribution in [-0.4, -0.2) is 60.5 Å². The van der Waals surface area contributed by atoms with Crippen molar-refractivity contribution in [2.75, 3.05) is 6.61 Å². The number of carboxylic acid groups (broad SMARTS) is 1. The van der Waals surface area contributed by atoms with Crippen LogP contribution in [0.5, 0.6) is 0 Å². The van der Waals surface area contributed by atoms with E-state index in [1.165, 1.54) is 0 Å². The topological polar surface area (TPSA) is 57.5 Å². The molecule has 0 aromatic heterocycles. The number of carboxylic acids is 1. The summed E-state index contributed by atoms with van der Waals surface area (Å²) < 4.78 is 0. The number of carbonyl (C=O) groups is 1. The average Bonchev–Trinajstić information content (AvgIpc) is 1.61. The van der Waals surface area contributed by atoms with Crippen molar-refractivity contribution >= 4 is 43.7 Å². The van der Waals surface area contributed by atoms with Crippen molar-refractivity contribution in [1.82, 2.24) is 0 Å². The van der Waals surface area contributed by atoms with Gasteiger partial charge in [0.1, 0.15) is 0 Å². The molecule has 0 atom stereocenters. The molecule has 0 heterocycles. The van der Waals surface area contributed by atoms with Crippen LogP contribution >= 0.6 is 0 Å². The number of hydrogen-bond donors (Lipinski definition) is 2. The molecular weight excluding hydrogens is 136 g/mol. The largest absolute Gasteiger partial charge is 0.481 e. The van der Waals surface area contributed by atoms with Crippen molar-refractivity contribution in [3.8, 4) is 0 Å². The Morgan fingerprint density at radius 3 is 2.12 bits per heavy atom. The third-order valence-corrected chi connectivity index (χ3v) is 0.549. The molecule has 0 fully saturated rings. The summed E-state index contributed by atoms with van der Waals surface area (Å²) in [6.45, 7) is -0.0354. The minimum atomic E-state index is -0.853. The first-order valence-corrected chi connectivity index (χ1v) is 2.10. The predicted octanol–water partition coefficient (Wildman–Crippen LogP) is -0.537. The van der Waals surface area contributed by atoms with Crippen LogP contribution in [0.15, 0.2) is 0 Å². The fourth-order valence-electron chi connectivity index (χ4n) is 0.230. The molecule has 0 rings (SSSR count). The second kappa shape index (κ2) is 7.69. The number of aliphatic hydroxyl groups is 1. The summed E-state index contributed by atoms with van der Waals surface area (Å²) in [5, 5.41) is 16.0. The van der Waals surface area contributed by atoms with Crippen molar-refractivity contribution in [3.05, 3.63) is 0 Å². The van der Waals surface area contributed by atoms with Gasteiger partial charge in [-0.3, -0.25) is 4.79 Å². The molecule has 0 amide bonds. The van der Waals surface area contributed by atoms with Gasteiger partial charge in [0, 0.05) is 50.8 Å². The molecule has 4 heteroatoms. The fourth-order valence-corrected chi connectivity index (χ4v) is 0.230. The quantitative estimate of drug-likeness (QED) is 0.523. The number of aliphatic hydroxyl groups excluding tert-OH is 1. The molecule has 0 saturated heterocycles. The molecule has 0 aliphatic rings. The Morgan fingerprint density at radius 2 is 2.00 bits per heavy atom. The van der Waals surface area contributed by atoms with Gasteiger partial charge in [-0.05, 0) is 6.42 Å². The normalized spacial score (nSPS) is 7.62. The zero-order valence-electron chi connectivity index (χ0n) is 4.63. The van der Waals surface area contributed by atoms with E-state index in [-0.39, 0.29) is 50.8 Å².